The van der Waals surface area contributed by atoms with E-state index in [1.54, 1.807) is 7.11 Å². The minimum Gasteiger partial charge on any atom is -0.497 e. The van der Waals surface area contributed by atoms with Crippen molar-refractivity contribution < 1.29 is 9.53 Å². The van der Waals surface area contributed by atoms with Crippen molar-refractivity contribution in [2.24, 2.45) is 0 Å². The lowest BCUT2D eigenvalue weighted by Gasteiger charge is -2.18. The molecule has 0 bridgehead atoms. The molecule has 0 saturated heterocycles. The molecule has 2 aromatic rings. The maximum atomic E-state index is 12.3. The highest BCUT2D eigenvalue weighted by molar-refractivity contribution is 5.93. The Kier molecular flexibility index (Phi) is 5.77. The van der Waals surface area contributed by atoms with Crippen LogP contribution in [0.1, 0.15) is 16.7 Å². The molecule has 0 saturated carbocycles. The van der Waals surface area contributed by atoms with Gasteiger partial charge in [-0.05, 0) is 49.7 Å². The highest BCUT2D eigenvalue weighted by Gasteiger charge is 2.10. The SMILES string of the molecule is COc1cccc(CN(C)CC(=O)Nc2c(C)cccc2C)c1. The zero-order valence-corrected chi connectivity index (χ0v) is 14.2. The molecule has 1 N–H and O–H groups in total. The summed E-state index contributed by atoms with van der Waals surface area (Å²) in [5.41, 5.74) is 4.18. The second-order valence-corrected chi connectivity index (χ2v) is 5.84. The van der Waals surface area contributed by atoms with Gasteiger partial charge in [-0.25, -0.2) is 0 Å². The van der Waals surface area contributed by atoms with Crippen molar-refractivity contribution in [2.45, 2.75) is 20.4 Å². The van der Waals surface area contributed by atoms with Crippen LogP contribution in [0.3, 0.4) is 0 Å². The molecule has 2 aromatic carbocycles. The first-order valence-corrected chi connectivity index (χ1v) is 7.67. The Labute approximate surface area is 138 Å². The van der Waals surface area contributed by atoms with Crippen LogP contribution in [0, 0.1) is 13.8 Å². The fourth-order valence-corrected chi connectivity index (χ4v) is 2.57. The van der Waals surface area contributed by atoms with E-state index < -0.39 is 0 Å². The van der Waals surface area contributed by atoms with Crippen LogP contribution in [0.25, 0.3) is 0 Å². The molecule has 122 valence electrons. The predicted molar refractivity (Wildman–Crippen MR) is 93.9 cm³/mol. The van der Waals surface area contributed by atoms with Crippen LogP contribution < -0.4 is 10.1 Å². The smallest absolute Gasteiger partial charge is 0.238 e. The van der Waals surface area contributed by atoms with Gasteiger partial charge in [-0.1, -0.05) is 30.3 Å². The van der Waals surface area contributed by atoms with Crippen LogP contribution in [-0.4, -0.2) is 31.5 Å². The molecule has 4 nitrogen and oxygen atoms in total. The molecule has 0 radical (unpaired) electrons. The number of likely N-dealkylation sites (N-methyl/N-ethyl adjacent to an activating group) is 1. The number of ether oxygens (including phenoxy) is 1. The van der Waals surface area contributed by atoms with Crippen molar-refractivity contribution in [2.75, 3.05) is 26.0 Å². The van der Waals surface area contributed by atoms with Crippen LogP contribution in [-0.2, 0) is 11.3 Å². The van der Waals surface area contributed by atoms with Crippen molar-refractivity contribution in [3.05, 3.63) is 59.2 Å². The number of nitrogens with one attached hydrogen (secondary N) is 1. The molecular weight excluding hydrogens is 288 g/mol. The van der Waals surface area contributed by atoms with E-state index in [0.29, 0.717) is 13.1 Å². The van der Waals surface area contributed by atoms with Gasteiger partial charge in [0.05, 0.1) is 13.7 Å². The van der Waals surface area contributed by atoms with E-state index in [1.165, 1.54) is 0 Å². The van der Waals surface area contributed by atoms with Gasteiger partial charge in [0.15, 0.2) is 0 Å². The van der Waals surface area contributed by atoms with Crippen LogP contribution in [0.2, 0.25) is 0 Å². The Morgan fingerprint density at radius 1 is 1.13 bits per heavy atom. The third kappa shape index (κ3) is 4.83. The molecule has 0 unspecified atom stereocenters. The molecule has 0 aromatic heterocycles. The van der Waals surface area contributed by atoms with Crippen molar-refractivity contribution in [1.29, 1.82) is 0 Å². The Morgan fingerprint density at radius 3 is 2.43 bits per heavy atom. The molecule has 4 heteroatoms. The maximum Gasteiger partial charge on any atom is 0.238 e. The first kappa shape index (κ1) is 17.0. The van der Waals surface area contributed by atoms with Crippen LogP contribution in [0.15, 0.2) is 42.5 Å². The standard InChI is InChI=1S/C19H24N2O2/c1-14-7-5-8-15(2)19(14)20-18(22)13-21(3)12-16-9-6-10-17(11-16)23-4/h5-11H,12-13H2,1-4H3,(H,20,22). The summed E-state index contributed by atoms with van der Waals surface area (Å²) >= 11 is 0. The molecule has 0 heterocycles. The number of para-hydroxylation sites is 1. The molecule has 0 aliphatic carbocycles. The van der Waals surface area contributed by atoms with E-state index in [1.807, 2.05) is 68.3 Å². The van der Waals surface area contributed by atoms with E-state index in [2.05, 4.69) is 5.32 Å². The number of aryl methyl sites for hydroxylation is 2. The summed E-state index contributed by atoms with van der Waals surface area (Å²) in [6.07, 6.45) is 0. The van der Waals surface area contributed by atoms with Gasteiger partial charge in [0.1, 0.15) is 5.75 Å². The lowest BCUT2D eigenvalue weighted by atomic mass is 10.1. The molecule has 2 rings (SSSR count). The van der Waals surface area contributed by atoms with E-state index >= 15 is 0 Å². The van der Waals surface area contributed by atoms with Crippen LogP contribution >= 0.6 is 0 Å². The maximum absolute atomic E-state index is 12.3. The first-order chi connectivity index (χ1) is 11.0. The van der Waals surface area contributed by atoms with E-state index in [-0.39, 0.29) is 5.91 Å². The molecule has 0 aliphatic heterocycles. The Hall–Kier alpha value is -2.33. The van der Waals surface area contributed by atoms with Gasteiger partial charge in [-0.3, -0.25) is 9.69 Å². The molecule has 0 fully saturated rings. The number of hydrogen-bond donors (Lipinski definition) is 1. The minimum atomic E-state index is -0.00667. The number of amides is 1. The average Bonchev–Trinajstić information content (AvgIpc) is 2.51. The van der Waals surface area contributed by atoms with Crippen LogP contribution in [0.5, 0.6) is 5.75 Å². The number of rotatable bonds is 6. The van der Waals surface area contributed by atoms with Gasteiger partial charge in [0.2, 0.25) is 5.91 Å². The number of methoxy groups -OCH3 is 1. The number of carbonyl (C=O) groups excluding carboxylic acids is 1. The van der Waals surface area contributed by atoms with Gasteiger partial charge in [0, 0.05) is 12.2 Å². The Morgan fingerprint density at radius 2 is 1.78 bits per heavy atom. The molecule has 0 spiro atoms. The lowest BCUT2D eigenvalue weighted by Crippen LogP contribution is -2.30. The van der Waals surface area contributed by atoms with Crippen molar-refractivity contribution in [3.8, 4) is 5.75 Å². The highest BCUT2D eigenvalue weighted by atomic mass is 16.5. The predicted octanol–water partition coefficient (Wildman–Crippen LogP) is 3.38. The second-order valence-electron chi connectivity index (χ2n) is 5.84. The van der Waals surface area contributed by atoms with Crippen molar-refractivity contribution in [1.82, 2.24) is 4.90 Å². The topological polar surface area (TPSA) is 41.6 Å². The van der Waals surface area contributed by atoms with Crippen LogP contribution in [0.4, 0.5) is 5.69 Å². The van der Waals surface area contributed by atoms with Gasteiger partial charge in [-0.2, -0.15) is 0 Å². The summed E-state index contributed by atoms with van der Waals surface area (Å²) in [5.74, 6) is 0.823. The lowest BCUT2D eigenvalue weighted by molar-refractivity contribution is -0.117. The van der Waals surface area contributed by atoms with Gasteiger partial charge < -0.3 is 10.1 Å². The quantitative estimate of drug-likeness (QED) is 0.889. The molecule has 23 heavy (non-hydrogen) atoms. The van der Waals surface area contributed by atoms with E-state index in [4.69, 9.17) is 4.74 Å². The number of benzene rings is 2. The summed E-state index contributed by atoms with van der Waals surface area (Å²) in [4.78, 5) is 14.2. The van der Waals surface area contributed by atoms with Crippen molar-refractivity contribution >= 4 is 11.6 Å². The van der Waals surface area contributed by atoms with Crippen molar-refractivity contribution in [3.63, 3.8) is 0 Å². The minimum absolute atomic E-state index is 0.00667. The van der Waals surface area contributed by atoms with Gasteiger partial charge >= 0.3 is 0 Å². The summed E-state index contributed by atoms with van der Waals surface area (Å²) < 4.78 is 5.23. The molecule has 0 aliphatic rings. The summed E-state index contributed by atoms with van der Waals surface area (Å²) in [5, 5.41) is 3.01. The largest absolute Gasteiger partial charge is 0.497 e. The zero-order chi connectivity index (χ0) is 16.8. The van der Waals surface area contributed by atoms with E-state index in [0.717, 1.165) is 28.1 Å². The number of hydrogen-bond acceptors (Lipinski definition) is 3. The first-order valence-electron chi connectivity index (χ1n) is 7.67. The van der Waals surface area contributed by atoms with Gasteiger partial charge in [0.25, 0.3) is 0 Å². The zero-order valence-electron chi connectivity index (χ0n) is 14.2. The van der Waals surface area contributed by atoms with E-state index in [9.17, 15) is 4.79 Å². The third-order valence-electron chi connectivity index (χ3n) is 3.75. The molecule has 1 amide bonds. The monoisotopic (exact) mass is 312 g/mol. The third-order valence-corrected chi connectivity index (χ3v) is 3.75. The fourth-order valence-electron chi connectivity index (χ4n) is 2.57. The number of anilines is 1. The number of carbonyl (C=O) groups is 1. The highest BCUT2D eigenvalue weighted by Crippen LogP contribution is 2.19. The Bertz CT molecular complexity index is 663. The normalized spacial score (nSPS) is 10.7. The van der Waals surface area contributed by atoms with Gasteiger partial charge in [-0.15, -0.1) is 0 Å². The Balaban J connectivity index is 1.94. The summed E-state index contributed by atoms with van der Waals surface area (Å²) in [6.45, 7) is 5.04. The molecule has 0 atom stereocenters. The summed E-state index contributed by atoms with van der Waals surface area (Å²) in [7, 11) is 3.59. The average molecular weight is 312 g/mol. The fraction of sp³-hybridized carbons (Fsp3) is 0.316. The second kappa shape index (κ2) is 7.79. The summed E-state index contributed by atoms with van der Waals surface area (Å²) in [6, 6.07) is 13.9. The number of nitrogens with zero attached hydrogens (tertiary/aromatic N) is 1. The molecular formula is C19H24N2O2.